The highest BCUT2D eigenvalue weighted by Gasteiger charge is 2.18. The molecule has 4 nitrogen and oxygen atoms in total. The predicted octanol–water partition coefficient (Wildman–Crippen LogP) is 2.56. The van der Waals surface area contributed by atoms with Gasteiger partial charge in [0, 0.05) is 24.0 Å². The molecule has 1 aromatic carbocycles. The number of amides is 1. The molecule has 1 amide bonds. The Kier molecular flexibility index (Phi) is 5.47. The zero-order chi connectivity index (χ0) is 13.7. The second-order valence-corrected chi connectivity index (χ2v) is 4.64. The Bertz CT molecular complexity index is 423. The average Bonchev–Trinajstić information content (AvgIpc) is 2.43. The number of nitrogens with zero attached hydrogens (tertiary/aromatic N) is 1. The zero-order valence-corrected chi connectivity index (χ0v) is 12.7. The minimum absolute atomic E-state index is 0.0390. The standard InChI is InChI=1S/C13H18BrNO3/c1-9(8-14)15(2)13(16)10-5-6-11(17-3)12(7-10)18-4/h5-7,9H,8H2,1-4H3. The van der Waals surface area contributed by atoms with E-state index in [1.54, 1.807) is 44.4 Å². The van der Waals surface area contributed by atoms with E-state index in [1.165, 1.54) is 0 Å². The van der Waals surface area contributed by atoms with Crippen LogP contribution < -0.4 is 9.47 Å². The summed E-state index contributed by atoms with van der Waals surface area (Å²) in [4.78, 5) is 13.9. The van der Waals surface area contributed by atoms with Crippen molar-refractivity contribution < 1.29 is 14.3 Å². The number of ether oxygens (including phenoxy) is 2. The van der Waals surface area contributed by atoms with E-state index < -0.39 is 0 Å². The van der Waals surface area contributed by atoms with Gasteiger partial charge in [-0.2, -0.15) is 0 Å². The van der Waals surface area contributed by atoms with Gasteiger partial charge in [0.05, 0.1) is 14.2 Å². The van der Waals surface area contributed by atoms with Gasteiger partial charge in [0.15, 0.2) is 11.5 Å². The minimum atomic E-state index is -0.0390. The highest BCUT2D eigenvalue weighted by Crippen LogP contribution is 2.28. The molecule has 0 saturated carbocycles. The molecular formula is C13H18BrNO3. The van der Waals surface area contributed by atoms with Crippen LogP contribution in [0.1, 0.15) is 17.3 Å². The molecule has 0 heterocycles. The highest BCUT2D eigenvalue weighted by atomic mass is 79.9. The summed E-state index contributed by atoms with van der Waals surface area (Å²) in [7, 11) is 4.90. The Morgan fingerprint density at radius 1 is 1.33 bits per heavy atom. The molecule has 0 aliphatic heterocycles. The van der Waals surface area contributed by atoms with Crippen molar-refractivity contribution in [2.24, 2.45) is 0 Å². The SMILES string of the molecule is COc1ccc(C(=O)N(C)C(C)CBr)cc1OC. The Hall–Kier alpha value is -1.23. The lowest BCUT2D eigenvalue weighted by molar-refractivity contribution is 0.0757. The van der Waals surface area contributed by atoms with Gasteiger partial charge < -0.3 is 14.4 Å². The van der Waals surface area contributed by atoms with Crippen molar-refractivity contribution >= 4 is 21.8 Å². The lowest BCUT2D eigenvalue weighted by atomic mass is 10.1. The van der Waals surface area contributed by atoms with Gasteiger partial charge in [0.25, 0.3) is 5.91 Å². The summed E-state index contributed by atoms with van der Waals surface area (Å²) in [5.41, 5.74) is 0.586. The van der Waals surface area contributed by atoms with Gasteiger partial charge in [-0.25, -0.2) is 0 Å². The molecule has 0 saturated heterocycles. The van der Waals surface area contributed by atoms with Crippen LogP contribution in [0.5, 0.6) is 11.5 Å². The summed E-state index contributed by atoms with van der Waals surface area (Å²) in [5, 5.41) is 0.739. The number of hydrogen-bond acceptors (Lipinski definition) is 3. The van der Waals surface area contributed by atoms with Crippen molar-refractivity contribution in [3.05, 3.63) is 23.8 Å². The van der Waals surface area contributed by atoms with E-state index in [4.69, 9.17) is 9.47 Å². The summed E-state index contributed by atoms with van der Waals surface area (Å²) < 4.78 is 10.3. The molecule has 5 heteroatoms. The summed E-state index contributed by atoms with van der Waals surface area (Å²) in [6, 6.07) is 5.30. The lowest BCUT2D eigenvalue weighted by Gasteiger charge is -2.23. The van der Waals surface area contributed by atoms with Crippen LogP contribution in [0.3, 0.4) is 0 Å². The third-order valence-corrected chi connectivity index (χ3v) is 3.77. The van der Waals surface area contributed by atoms with E-state index >= 15 is 0 Å². The largest absolute Gasteiger partial charge is 0.493 e. The molecule has 1 atom stereocenters. The predicted molar refractivity (Wildman–Crippen MR) is 74.9 cm³/mol. The maximum atomic E-state index is 12.2. The number of carbonyl (C=O) groups is 1. The van der Waals surface area contributed by atoms with E-state index in [2.05, 4.69) is 15.9 Å². The van der Waals surface area contributed by atoms with Gasteiger partial charge in [0.1, 0.15) is 0 Å². The molecule has 1 rings (SSSR count). The molecular weight excluding hydrogens is 298 g/mol. The van der Waals surface area contributed by atoms with E-state index in [9.17, 15) is 4.79 Å². The number of carbonyl (C=O) groups excluding carboxylic acids is 1. The fraction of sp³-hybridized carbons (Fsp3) is 0.462. The van der Waals surface area contributed by atoms with E-state index in [-0.39, 0.29) is 11.9 Å². The number of rotatable bonds is 5. The Morgan fingerprint density at radius 2 is 1.94 bits per heavy atom. The molecule has 18 heavy (non-hydrogen) atoms. The van der Waals surface area contributed by atoms with Gasteiger partial charge in [0.2, 0.25) is 0 Å². The van der Waals surface area contributed by atoms with Crippen LogP contribution in [-0.2, 0) is 0 Å². The van der Waals surface area contributed by atoms with Crippen molar-refractivity contribution in [1.29, 1.82) is 0 Å². The molecule has 0 bridgehead atoms. The maximum Gasteiger partial charge on any atom is 0.254 e. The molecule has 100 valence electrons. The van der Waals surface area contributed by atoms with Crippen molar-refractivity contribution in [3.8, 4) is 11.5 Å². The Morgan fingerprint density at radius 3 is 2.44 bits per heavy atom. The zero-order valence-electron chi connectivity index (χ0n) is 11.1. The molecule has 0 spiro atoms. The van der Waals surface area contributed by atoms with E-state index in [1.807, 2.05) is 6.92 Å². The summed E-state index contributed by atoms with van der Waals surface area (Å²) in [5.74, 6) is 1.14. The van der Waals surface area contributed by atoms with Crippen LogP contribution >= 0.6 is 15.9 Å². The fourth-order valence-corrected chi connectivity index (χ4v) is 1.91. The third-order valence-electron chi connectivity index (χ3n) is 2.84. The van der Waals surface area contributed by atoms with Crippen molar-refractivity contribution in [2.75, 3.05) is 26.6 Å². The molecule has 0 aliphatic rings. The minimum Gasteiger partial charge on any atom is -0.493 e. The molecule has 0 aliphatic carbocycles. The van der Waals surface area contributed by atoms with Gasteiger partial charge in [-0.3, -0.25) is 4.79 Å². The topological polar surface area (TPSA) is 38.8 Å². The molecule has 0 aromatic heterocycles. The summed E-state index contributed by atoms with van der Waals surface area (Å²) >= 11 is 3.37. The van der Waals surface area contributed by atoms with Crippen molar-refractivity contribution in [2.45, 2.75) is 13.0 Å². The first-order chi connectivity index (χ1) is 8.54. The van der Waals surface area contributed by atoms with Gasteiger partial charge >= 0.3 is 0 Å². The van der Waals surface area contributed by atoms with Crippen LogP contribution in [-0.4, -0.2) is 43.4 Å². The second kappa shape index (κ2) is 6.64. The first-order valence-corrected chi connectivity index (χ1v) is 6.72. The van der Waals surface area contributed by atoms with Gasteiger partial charge in [-0.05, 0) is 25.1 Å². The Labute approximate surface area is 116 Å². The number of benzene rings is 1. The molecule has 0 N–H and O–H groups in total. The van der Waals surface area contributed by atoms with Crippen LogP contribution in [0.2, 0.25) is 0 Å². The van der Waals surface area contributed by atoms with Crippen LogP contribution in [0.15, 0.2) is 18.2 Å². The number of halogens is 1. The fourth-order valence-electron chi connectivity index (χ4n) is 1.48. The smallest absolute Gasteiger partial charge is 0.254 e. The van der Waals surface area contributed by atoms with Crippen molar-refractivity contribution in [1.82, 2.24) is 4.90 Å². The van der Waals surface area contributed by atoms with Crippen LogP contribution in [0.25, 0.3) is 0 Å². The van der Waals surface area contributed by atoms with E-state index in [0.717, 1.165) is 5.33 Å². The monoisotopic (exact) mass is 315 g/mol. The third kappa shape index (κ3) is 3.16. The van der Waals surface area contributed by atoms with Crippen LogP contribution in [0, 0.1) is 0 Å². The van der Waals surface area contributed by atoms with Crippen molar-refractivity contribution in [3.63, 3.8) is 0 Å². The summed E-state index contributed by atoms with van der Waals surface area (Å²) in [6.07, 6.45) is 0. The van der Waals surface area contributed by atoms with E-state index in [0.29, 0.717) is 17.1 Å². The number of methoxy groups -OCH3 is 2. The van der Waals surface area contributed by atoms with Crippen LogP contribution in [0.4, 0.5) is 0 Å². The molecule has 1 aromatic rings. The Balaban J connectivity index is 3.00. The molecule has 1 unspecified atom stereocenters. The highest BCUT2D eigenvalue weighted by molar-refractivity contribution is 9.09. The number of alkyl halides is 1. The lowest BCUT2D eigenvalue weighted by Crippen LogP contribution is -2.36. The quantitative estimate of drug-likeness (QED) is 0.784. The van der Waals surface area contributed by atoms with Gasteiger partial charge in [-0.1, -0.05) is 15.9 Å². The first-order valence-electron chi connectivity index (χ1n) is 5.60. The first kappa shape index (κ1) is 14.8. The molecule has 0 radical (unpaired) electrons. The second-order valence-electron chi connectivity index (χ2n) is 3.99. The summed E-state index contributed by atoms with van der Waals surface area (Å²) in [6.45, 7) is 1.98. The number of hydrogen-bond donors (Lipinski definition) is 0. The maximum absolute atomic E-state index is 12.2. The molecule has 0 fully saturated rings. The average molecular weight is 316 g/mol. The van der Waals surface area contributed by atoms with Gasteiger partial charge in [-0.15, -0.1) is 0 Å². The normalized spacial score (nSPS) is 11.8.